The van der Waals surface area contributed by atoms with E-state index in [1.54, 1.807) is 11.3 Å². The number of nitrogens with zero attached hydrogens (tertiary/aromatic N) is 1. The van der Waals surface area contributed by atoms with E-state index in [2.05, 4.69) is 42.0 Å². The summed E-state index contributed by atoms with van der Waals surface area (Å²) in [6.45, 7) is 5.63. The van der Waals surface area contributed by atoms with Crippen molar-refractivity contribution in [1.29, 1.82) is 0 Å². The summed E-state index contributed by atoms with van der Waals surface area (Å²) in [5.41, 5.74) is 1.03. The number of aliphatic hydroxyl groups is 1. The fraction of sp³-hybridized carbons (Fsp3) is 0.600. The van der Waals surface area contributed by atoms with Crippen molar-refractivity contribution in [2.45, 2.75) is 51.7 Å². The Morgan fingerprint density at radius 3 is 2.78 bits per heavy atom. The lowest BCUT2D eigenvalue weighted by molar-refractivity contribution is 0.0964. The van der Waals surface area contributed by atoms with Crippen LogP contribution in [0.15, 0.2) is 11.4 Å². The number of hydrogen-bond acceptors (Lipinski definition) is 3. The molecular formula is C15H21NOS. The molecule has 0 unspecified atom stereocenters. The zero-order valence-corrected chi connectivity index (χ0v) is 12.0. The minimum atomic E-state index is -0.0641. The Bertz CT molecular complexity index is 433. The lowest BCUT2D eigenvalue weighted by Crippen LogP contribution is -2.42. The Labute approximate surface area is 114 Å². The monoisotopic (exact) mass is 263 g/mol. The van der Waals surface area contributed by atoms with Gasteiger partial charge in [-0.25, -0.2) is 0 Å². The van der Waals surface area contributed by atoms with Crippen molar-refractivity contribution in [3.63, 3.8) is 0 Å². The van der Waals surface area contributed by atoms with Gasteiger partial charge in [0.15, 0.2) is 0 Å². The van der Waals surface area contributed by atoms with Gasteiger partial charge in [0.25, 0.3) is 0 Å². The second-order valence-corrected chi connectivity index (χ2v) is 6.06. The second-order valence-electron chi connectivity index (χ2n) is 5.06. The van der Waals surface area contributed by atoms with Gasteiger partial charge in [-0.15, -0.1) is 11.3 Å². The van der Waals surface area contributed by atoms with Crippen LogP contribution in [-0.4, -0.2) is 28.7 Å². The van der Waals surface area contributed by atoms with E-state index >= 15 is 0 Å². The molecule has 1 saturated heterocycles. The van der Waals surface area contributed by atoms with Crippen LogP contribution in [0.1, 0.15) is 43.6 Å². The molecule has 18 heavy (non-hydrogen) atoms. The summed E-state index contributed by atoms with van der Waals surface area (Å²) in [5, 5.41) is 10.8. The third kappa shape index (κ3) is 3.35. The van der Waals surface area contributed by atoms with Gasteiger partial charge in [0.1, 0.15) is 6.61 Å². The van der Waals surface area contributed by atoms with Gasteiger partial charge in [-0.1, -0.05) is 18.3 Å². The van der Waals surface area contributed by atoms with Gasteiger partial charge >= 0.3 is 0 Å². The maximum atomic E-state index is 8.69. The first-order valence-corrected chi connectivity index (χ1v) is 7.51. The van der Waals surface area contributed by atoms with Crippen LogP contribution < -0.4 is 0 Å². The first-order chi connectivity index (χ1) is 8.70. The first kappa shape index (κ1) is 13.6. The average Bonchev–Trinajstić information content (AvgIpc) is 2.79. The maximum Gasteiger partial charge on any atom is 0.104 e. The van der Waals surface area contributed by atoms with Crippen molar-refractivity contribution in [3.8, 4) is 11.8 Å². The van der Waals surface area contributed by atoms with Gasteiger partial charge in [-0.3, -0.25) is 4.90 Å². The van der Waals surface area contributed by atoms with Crippen molar-refractivity contribution in [3.05, 3.63) is 21.9 Å². The van der Waals surface area contributed by atoms with Crippen LogP contribution in [0.4, 0.5) is 0 Å². The maximum absolute atomic E-state index is 8.69. The molecule has 0 saturated carbocycles. The summed E-state index contributed by atoms with van der Waals surface area (Å²) >= 11 is 1.77. The van der Waals surface area contributed by atoms with Crippen molar-refractivity contribution in [2.75, 3.05) is 6.61 Å². The second kappa shape index (κ2) is 6.38. The molecule has 0 spiro atoms. The minimum Gasteiger partial charge on any atom is -0.384 e. The topological polar surface area (TPSA) is 23.5 Å². The smallest absolute Gasteiger partial charge is 0.104 e. The van der Waals surface area contributed by atoms with Crippen molar-refractivity contribution in [2.24, 2.45) is 0 Å². The highest BCUT2D eigenvalue weighted by Gasteiger charge is 2.24. The predicted molar refractivity (Wildman–Crippen MR) is 76.6 cm³/mol. The number of rotatable bonds is 2. The van der Waals surface area contributed by atoms with Gasteiger partial charge in [0.2, 0.25) is 0 Å². The highest BCUT2D eigenvalue weighted by Crippen LogP contribution is 2.26. The van der Waals surface area contributed by atoms with Crippen LogP contribution in [-0.2, 0) is 6.54 Å². The fourth-order valence-corrected chi connectivity index (χ4v) is 3.46. The molecule has 1 aliphatic heterocycles. The highest BCUT2D eigenvalue weighted by atomic mass is 32.1. The number of hydrogen-bond donors (Lipinski definition) is 1. The predicted octanol–water partition coefficient (Wildman–Crippen LogP) is 2.85. The summed E-state index contributed by atoms with van der Waals surface area (Å²) in [7, 11) is 0. The minimum absolute atomic E-state index is 0.0641. The molecule has 1 aromatic rings. The average molecular weight is 263 g/mol. The Morgan fingerprint density at radius 1 is 1.39 bits per heavy atom. The molecule has 2 nitrogen and oxygen atoms in total. The normalized spacial score (nSPS) is 24.6. The van der Waals surface area contributed by atoms with E-state index in [9.17, 15) is 0 Å². The summed E-state index contributed by atoms with van der Waals surface area (Å²) in [5.74, 6) is 5.66. The standard InChI is InChI=1S/C15H21NOS/c1-12-5-3-6-13(2)16(12)10-15-9-14(11-18-15)7-4-8-17/h9,11-13,17H,3,5-6,8,10H2,1-2H3/t12-,13+. The van der Waals surface area contributed by atoms with Crippen LogP contribution in [0.25, 0.3) is 0 Å². The van der Waals surface area contributed by atoms with E-state index in [-0.39, 0.29) is 6.61 Å². The molecule has 1 fully saturated rings. The Kier molecular flexibility index (Phi) is 4.82. The van der Waals surface area contributed by atoms with E-state index in [4.69, 9.17) is 5.11 Å². The first-order valence-electron chi connectivity index (χ1n) is 6.63. The van der Waals surface area contributed by atoms with E-state index in [0.29, 0.717) is 12.1 Å². The molecule has 0 amide bonds. The lowest BCUT2D eigenvalue weighted by atomic mass is 9.97. The molecule has 0 bridgehead atoms. The van der Waals surface area contributed by atoms with E-state index in [1.807, 2.05) is 0 Å². The highest BCUT2D eigenvalue weighted by molar-refractivity contribution is 7.10. The van der Waals surface area contributed by atoms with Crippen LogP contribution in [0.2, 0.25) is 0 Å². The Balaban J connectivity index is 2.01. The zero-order valence-electron chi connectivity index (χ0n) is 11.1. The molecule has 2 heterocycles. The molecule has 1 aromatic heterocycles. The van der Waals surface area contributed by atoms with Crippen LogP contribution in [0.5, 0.6) is 0 Å². The van der Waals surface area contributed by atoms with Gasteiger partial charge in [0, 0.05) is 34.4 Å². The molecule has 0 aromatic carbocycles. The number of thiophene rings is 1. The molecule has 0 radical (unpaired) electrons. The number of likely N-dealkylation sites (tertiary alicyclic amines) is 1. The van der Waals surface area contributed by atoms with Crippen molar-refractivity contribution in [1.82, 2.24) is 4.90 Å². The molecule has 3 heteroatoms. The molecule has 2 atom stereocenters. The summed E-state index contributed by atoms with van der Waals surface area (Å²) in [4.78, 5) is 3.97. The third-order valence-corrected chi connectivity index (χ3v) is 4.60. The Morgan fingerprint density at radius 2 is 2.11 bits per heavy atom. The largest absolute Gasteiger partial charge is 0.384 e. The van der Waals surface area contributed by atoms with Crippen LogP contribution in [0.3, 0.4) is 0 Å². The molecule has 1 N–H and O–H groups in total. The lowest BCUT2D eigenvalue weighted by Gasteiger charge is -2.38. The van der Waals surface area contributed by atoms with Gasteiger partial charge in [-0.05, 0) is 32.8 Å². The Hall–Kier alpha value is -0.820. The van der Waals surface area contributed by atoms with E-state index in [0.717, 1.165) is 12.1 Å². The number of aliphatic hydroxyl groups excluding tert-OH is 1. The summed E-state index contributed by atoms with van der Waals surface area (Å²) < 4.78 is 0. The van der Waals surface area contributed by atoms with E-state index in [1.165, 1.54) is 24.1 Å². The van der Waals surface area contributed by atoms with Gasteiger partial charge in [-0.2, -0.15) is 0 Å². The summed E-state index contributed by atoms with van der Waals surface area (Å²) in [6.07, 6.45) is 3.98. The zero-order chi connectivity index (χ0) is 13.0. The van der Waals surface area contributed by atoms with Crippen molar-refractivity contribution >= 4 is 11.3 Å². The molecular weight excluding hydrogens is 242 g/mol. The van der Waals surface area contributed by atoms with Crippen LogP contribution >= 0.6 is 11.3 Å². The molecule has 98 valence electrons. The van der Waals surface area contributed by atoms with Gasteiger partial charge < -0.3 is 5.11 Å². The summed E-state index contributed by atoms with van der Waals surface area (Å²) in [6, 6.07) is 3.52. The SMILES string of the molecule is C[C@@H]1CCC[C@H](C)N1Cc1cc(C#CCO)cs1. The molecule has 0 aliphatic carbocycles. The molecule has 2 rings (SSSR count). The van der Waals surface area contributed by atoms with Crippen LogP contribution in [0, 0.1) is 11.8 Å². The number of piperidine rings is 1. The molecule has 1 aliphatic rings. The van der Waals surface area contributed by atoms with Gasteiger partial charge in [0.05, 0.1) is 0 Å². The fourth-order valence-electron chi connectivity index (χ4n) is 2.64. The van der Waals surface area contributed by atoms with Crippen molar-refractivity contribution < 1.29 is 5.11 Å². The quantitative estimate of drug-likeness (QED) is 0.829. The van der Waals surface area contributed by atoms with E-state index < -0.39 is 0 Å². The third-order valence-electron chi connectivity index (χ3n) is 3.68.